The molecule has 0 bridgehead atoms. The Bertz CT molecular complexity index is 904. The summed E-state index contributed by atoms with van der Waals surface area (Å²) in [6.07, 6.45) is 0.0477. The highest BCUT2D eigenvalue weighted by Gasteiger charge is 2.35. The minimum absolute atomic E-state index is 0.0326. The molecule has 2 aromatic rings. The van der Waals surface area contributed by atoms with Gasteiger partial charge in [-0.1, -0.05) is 12.1 Å². The number of carbonyl (C=O) groups is 1. The zero-order chi connectivity index (χ0) is 17.5. The van der Waals surface area contributed by atoms with Crippen LogP contribution in [0, 0.1) is 12.7 Å². The number of methoxy groups -OCH3 is 1. The number of sulfonamides is 1. The summed E-state index contributed by atoms with van der Waals surface area (Å²) in [5.41, 5.74) is 0.823. The lowest BCUT2D eigenvalue weighted by Gasteiger charge is -2.30. The molecule has 24 heavy (non-hydrogen) atoms. The van der Waals surface area contributed by atoms with Crippen molar-refractivity contribution in [2.24, 2.45) is 0 Å². The Labute approximate surface area is 139 Å². The van der Waals surface area contributed by atoms with E-state index in [0.29, 0.717) is 16.9 Å². The summed E-state index contributed by atoms with van der Waals surface area (Å²) in [5.74, 6) is -0.533. The maximum Gasteiger partial charge on any atom is 0.267 e. The van der Waals surface area contributed by atoms with Gasteiger partial charge in [-0.2, -0.15) is 0 Å². The maximum absolute atomic E-state index is 14.2. The zero-order valence-corrected chi connectivity index (χ0v) is 14.1. The van der Waals surface area contributed by atoms with Gasteiger partial charge in [0.2, 0.25) is 0 Å². The average Bonchev–Trinajstić information content (AvgIpc) is 2.54. The summed E-state index contributed by atoms with van der Waals surface area (Å²) in [4.78, 5) is 11.7. The molecule has 7 heteroatoms. The van der Waals surface area contributed by atoms with Crippen LogP contribution in [0.2, 0.25) is 0 Å². The Morgan fingerprint density at radius 1 is 1.21 bits per heavy atom. The first-order valence-corrected chi connectivity index (χ1v) is 8.79. The van der Waals surface area contributed by atoms with Crippen LogP contribution in [-0.4, -0.2) is 27.9 Å². The average molecular weight is 349 g/mol. The lowest BCUT2D eigenvalue weighted by atomic mass is 10.0. The Balaban J connectivity index is 2.21. The molecular weight excluding hydrogens is 333 g/mol. The van der Waals surface area contributed by atoms with Crippen molar-refractivity contribution in [1.29, 1.82) is 0 Å². The number of hydrogen-bond donors (Lipinski definition) is 0. The van der Waals surface area contributed by atoms with Crippen LogP contribution in [0.25, 0.3) is 0 Å². The summed E-state index contributed by atoms with van der Waals surface area (Å²) < 4.78 is 46.5. The van der Waals surface area contributed by atoms with Gasteiger partial charge in [0.05, 0.1) is 12.8 Å². The summed E-state index contributed by atoms with van der Waals surface area (Å²) in [7, 11) is -2.68. The van der Waals surface area contributed by atoms with Crippen molar-refractivity contribution < 1.29 is 22.3 Å². The molecule has 0 aliphatic carbocycles. The number of fused-ring (bicyclic) bond motifs is 1. The van der Waals surface area contributed by atoms with Gasteiger partial charge in [0.25, 0.3) is 10.0 Å². The van der Waals surface area contributed by atoms with E-state index >= 15 is 0 Å². The van der Waals surface area contributed by atoms with Crippen molar-refractivity contribution in [2.75, 3.05) is 18.0 Å². The van der Waals surface area contributed by atoms with Gasteiger partial charge in [-0.15, -0.1) is 0 Å². The van der Waals surface area contributed by atoms with E-state index in [1.807, 2.05) is 0 Å². The molecule has 0 N–H and O–H groups in total. The summed E-state index contributed by atoms with van der Waals surface area (Å²) in [6, 6.07) is 8.73. The maximum atomic E-state index is 14.2. The van der Waals surface area contributed by atoms with Crippen LogP contribution in [0.1, 0.15) is 22.3 Å². The molecule has 0 atom stereocenters. The number of benzene rings is 2. The molecule has 2 aromatic carbocycles. The second kappa shape index (κ2) is 5.90. The lowest BCUT2D eigenvalue weighted by Crippen LogP contribution is -2.38. The van der Waals surface area contributed by atoms with Gasteiger partial charge in [0.15, 0.2) is 5.78 Å². The predicted octanol–water partition coefficient (Wildman–Crippen LogP) is 2.92. The molecule has 0 aromatic heterocycles. The fourth-order valence-corrected chi connectivity index (χ4v) is 4.59. The number of hydrogen-bond acceptors (Lipinski definition) is 4. The van der Waals surface area contributed by atoms with Crippen molar-refractivity contribution in [3.63, 3.8) is 0 Å². The number of Topliss-reactive ketones (excluding diaryl/α,β-unsaturated/α-hetero) is 1. The van der Waals surface area contributed by atoms with Crippen LogP contribution in [0.3, 0.4) is 0 Å². The van der Waals surface area contributed by atoms with Crippen molar-refractivity contribution in [2.45, 2.75) is 18.2 Å². The monoisotopic (exact) mass is 349 g/mol. The minimum atomic E-state index is -4.13. The minimum Gasteiger partial charge on any atom is -0.497 e. The third kappa shape index (κ3) is 2.54. The third-order valence-corrected chi connectivity index (χ3v) is 6.02. The molecule has 0 amide bonds. The van der Waals surface area contributed by atoms with Gasteiger partial charge in [-0.3, -0.25) is 9.10 Å². The number of rotatable bonds is 3. The normalized spacial score (nSPS) is 14.5. The molecule has 1 aliphatic rings. The van der Waals surface area contributed by atoms with E-state index in [4.69, 9.17) is 4.74 Å². The Morgan fingerprint density at radius 3 is 2.62 bits per heavy atom. The van der Waals surface area contributed by atoms with E-state index in [1.54, 1.807) is 6.07 Å². The van der Waals surface area contributed by atoms with Gasteiger partial charge < -0.3 is 4.74 Å². The third-order valence-electron chi connectivity index (χ3n) is 4.03. The van der Waals surface area contributed by atoms with Crippen LogP contribution in [-0.2, 0) is 10.0 Å². The summed E-state index contributed by atoms with van der Waals surface area (Å²) in [6.45, 7) is 1.51. The lowest BCUT2D eigenvalue weighted by molar-refractivity contribution is 0.0982. The van der Waals surface area contributed by atoms with E-state index in [1.165, 1.54) is 38.3 Å². The summed E-state index contributed by atoms with van der Waals surface area (Å²) >= 11 is 0. The fraction of sp³-hybridized carbons (Fsp3) is 0.235. The molecule has 0 spiro atoms. The highest BCUT2D eigenvalue weighted by molar-refractivity contribution is 7.93. The topological polar surface area (TPSA) is 63.7 Å². The molecule has 3 rings (SSSR count). The Hall–Kier alpha value is -2.41. The van der Waals surface area contributed by atoms with Crippen LogP contribution < -0.4 is 9.04 Å². The van der Waals surface area contributed by atoms with Gasteiger partial charge in [0.1, 0.15) is 16.5 Å². The molecule has 0 fully saturated rings. The zero-order valence-electron chi connectivity index (χ0n) is 13.2. The molecule has 0 radical (unpaired) electrons. The number of ether oxygens (including phenoxy) is 1. The molecule has 126 valence electrons. The molecule has 0 saturated heterocycles. The highest BCUT2D eigenvalue weighted by atomic mass is 32.2. The SMILES string of the molecule is COc1ccc2c(c1)N(S(=O)(=O)c1c(C)cccc1F)CCC2=O. The molecule has 1 aliphatic heterocycles. The van der Waals surface area contributed by atoms with Crippen molar-refractivity contribution >= 4 is 21.5 Å². The van der Waals surface area contributed by atoms with Gasteiger partial charge in [-0.25, -0.2) is 12.8 Å². The van der Waals surface area contributed by atoms with Crippen LogP contribution in [0.15, 0.2) is 41.3 Å². The number of halogens is 1. The van der Waals surface area contributed by atoms with Crippen LogP contribution >= 0.6 is 0 Å². The largest absolute Gasteiger partial charge is 0.497 e. The fourth-order valence-electron chi connectivity index (χ4n) is 2.84. The quantitative estimate of drug-likeness (QED) is 0.855. The predicted molar refractivity (Wildman–Crippen MR) is 87.6 cm³/mol. The first kappa shape index (κ1) is 16.4. The molecule has 0 unspecified atom stereocenters. The van der Waals surface area contributed by atoms with E-state index < -0.39 is 15.8 Å². The Morgan fingerprint density at radius 2 is 1.96 bits per heavy atom. The van der Waals surface area contributed by atoms with Gasteiger partial charge in [0, 0.05) is 24.6 Å². The molecule has 1 heterocycles. The number of ketones is 1. The van der Waals surface area contributed by atoms with E-state index in [0.717, 1.165) is 10.4 Å². The summed E-state index contributed by atoms with van der Waals surface area (Å²) in [5, 5.41) is 0. The number of nitrogens with zero attached hydrogens (tertiary/aromatic N) is 1. The molecule has 0 saturated carbocycles. The van der Waals surface area contributed by atoms with E-state index in [-0.39, 0.29) is 29.3 Å². The van der Waals surface area contributed by atoms with Crippen LogP contribution in [0.5, 0.6) is 5.75 Å². The number of carbonyl (C=O) groups excluding carboxylic acids is 1. The highest BCUT2D eigenvalue weighted by Crippen LogP contribution is 2.36. The van der Waals surface area contributed by atoms with Crippen molar-refractivity contribution in [3.05, 3.63) is 53.3 Å². The molecule has 5 nitrogen and oxygen atoms in total. The van der Waals surface area contributed by atoms with E-state index in [9.17, 15) is 17.6 Å². The number of anilines is 1. The van der Waals surface area contributed by atoms with Crippen molar-refractivity contribution in [1.82, 2.24) is 0 Å². The number of aryl methyl sites for hydroxylation is 1. The smallest absolute Gasteiger partial charge is 0.267 e. The van der Waals surface area contributed by atoms with Gasteiger partial charge >= 0.3 is 0 Å². The Kier molecular flexibility index (Phi) is 4.04. The molecular formula is C17H16FNO4S. The van der Waals surface area contributed by atoms with Crippen LogP contribution in [0.4, 0.5) is 10.1 Å². The van der Waals surface area contributed by atoms with E-state index in [2.05, 4.69) is 0 Å². The standard InChI is InChI=1S/C17H16FNO4S/c1-11-4-3-5-14(18)17(11)24(21,22)19-9-8-16(20)13-7-6-12(23-2)10-15(13)19/h3-7,10H,8-9H2,1-2H3. The van der Waals surface area contributed by atoms with Crippen molar-refractivity contribution in [3.8, 4) is 5.75 Å². The second-order valence-corrected chi connectivity index (χ2v) is 7.32. The van der Waals surface area contributed by atoms with Gasteiger partial charge in [-0.05, 0) is 30.7 Å². The second-order valence-electron chi connectivity index (χ2n) is 5.52. The first-order valence-electron chi connectivity index (χ1n) is 7.35. The first-order chi connectivity index (χ1) is 11.4.